The maximum Gasteiger partial charge on any atom is 0.272 e. The maximum atomic E-state index is 12.3. The molecule has 0 bridgehead atoms. The van der Waals surface area contributed by atoms with E-state index in [2.05, 4.69) is 15.4 Å². The zero-order valence-electron chi connectivity index (χ0n) is 14.7. The normalized spacial score (nSPS) is 13.9. The Morgan fingerprint density at radius 1 is 1.36 bits per heavy atom. The topological polar surface area (TPSA) is 69.0 Å². The van der Waals surface area contributed by atoms with E-state index in [0.717, 1.165) is 23.8 Å². The minimum Gasteiger partial charge on any atom is -0.486 e. The molecule has 0 saturated heterocycles. The third-order valence-corrected chi connectivity index (χ3v) is 4.67. The van der Waals surface area contributed by atoms with Crippen molar-refractivity contribution < 1.29 is 18.3 Å². The molecule has 9 heteroatoms. The lowest BCUT2D eigenvalue weighted by Gasteiger charge is -2.09. The monoisotopic (exact) mass is 406 g/mol. The minimum absolute atomic E-state index is 0.0149. The van der Waals surface area contributed by atoms with E-state index in [9.17, 15) is 13.6 Å². The average molecular weight is 407 g/mol. The standard InChI is InChI=1S/C19H17ClF2N4O2/c20-14-7-11(1-4-16(14)28-10-17(21)22)8-26-9-13-15(25-26)5-6-23-18(13)24-19(27)12-2-3-12/h1,4-7,9,12,17H,2-3,8,10H2,(H,23,24,27). The second kappa shape index (κ2) is 7.71. The number of carbonyl (C=O) groups excluding carboxylic acids is 1. The lowest BCUT2D eigenvalue weighted by molar-refractivity contribution is -0.117. The first-order valence-electron chi connectivity index (χ1n) is 8.82. The quantitative estimate of drug-likeness (QED) is 0.640. The van der Waals surface area contributed by atoms with E-state index < -0.39 is 13.0 Å². The van der Waals surface area contributed by atoms with Crippen LogP contribution in [0.3, 0.4) is 0 Å². The van der Waals surface area contributed by atoms with Gasteiger partial charge in [-0.15, -0.1) is 0 Å². The Hall–Kier alpha value is -2.74. The molecule has 0 radical (unpaired) electrons. The Morgan fingerprint density at radius 3 is 2.89 bits per heavy atom. The van der Waals surface area contributed by atoms with E-state index in [1.54, 1.807) is 41.3 Å². The molecule has 1 N–H and O–H groups in total. The van der Waals surface area contributed by atoms with Crippen LogP contribution in [-0.4, -0.2) is 33.7 Å². The molecule has 0 aliphatic heterocycles. The Balaban J connectivity index is 1.51. The fraction of sp³-hybridized carbons (Fsp3) is 0.316. The van der Waals surface area contributed by atoms with Crippen LogP contribution in [-0.2, 0) is 11.3 Å². The van der Waals surface area contributed by atoms with Gasteiger partial charge in [0, 0.05) is 18.3 Å². The summed E-state index contributed by atoms with van der Waals surface area (Å²) in [5.74, 6) is 0.777. The third kappa shape index (κ3) is 4.22. The summed E-state index contributed by atoms with van der Waals surface area (Å²) < 4.78 is 31.2. The number of ether oxygens (including phenoxy) is 1. The lowest BCUT2D eigenvalue weighted by Crippen LogP contribution is -2.14. The van der Waals surface area contributed by atoms with Crippen molar-refractivity contribution in [3.63, 3.8) is 0 Å². The van der Waals surface area contributed by atoms with Gasteiger partial charge in [-0.05, 0) is 36.6 Å². The van der Waals surface area contributed by atoms with Crippen LogP contribution >= 0.6 is 11.6 Å². The van der Waals surface area contributed by atoms with Gasteiger partial charge in [0.25, 0.3) is 6.43 Å². The van der Waals surface area contributed by atoms with Gasteiger partial charge in [-0.2, -0.15) is 5.10 Å². The second-order valence-corrected chi connectivity index (χ2v) is 7.06. The number of pyridine rings is 1. The van der Waals surface area contributed by atoms with Crippen LogP contribution in [0.4, 0.5) is 14.6 Å². The van der Waals surface area contributed by atoms with Crippen molar-refractivity contribution in [3.8, 4) is 5.75 Å². The number of fused-ring (bicyclic) bond motifs is 1. The highest BCUT2D eigenvalue weighted by Crippen LogP contribution is 2.31. The summed E-state index contributed by atoms with van der Waals surface area (Å²) in [5.41, 5.74) is 1.54. The fourth-order valence-corrected chi connectivity index (χ4v) is 3.10. The molecule has 1 aliphatic carbocycles. The van der Waals surface area contributed by atoms with Gasteiger partial charge in [-0.1, -0.05) is 17.7 Å². The van der Waals surface area contributed by atoms with Crippen molar-refractivity contribution in [1.82, 2.24) is 14.8 Å². The van der Waals surface area contributed by atoms with Crippen molar-refractivity contribution in [2.24, 2.45) is 5.92 Å². The smallest absolute Gasteiger partial charge is 0.272 e. The number of benzene rings is 1. The van der Waals surface area contributed by atoms with E-state index in [4.69, 9.17) is 16.3 Å². The van der Waals surface area contributed by atoms with Crippen molar-refractivity contribution in [1.29, 1.82) is 0 Å². The number of amides is 1. The van der Waals surface area contributed by atoms with Gasteiger partial charge < -0.3 is 10.1 Å². The summed E-state index contributed by atoms with van der Waals surface area (Å²) in [6.45, 7) is -0.286. The number of hydrogen-bond acceptors (Lipinski definition) is 4. The first kappa shape index (κ1) is 18.6. The van der Waals surface area contributed by atoms with Gasteiger partial charge in [0.2, 0.25) is 5.91 Å². The molecule has 2 aromatic heterocycles. The molecule has 1 aliphatic rings. The van der Waals surface area contributed by atoms with Crippen LogP contribution < -0.4 is 10.1 Å². The molecule has 4 rings (SSSR count). The van der Waals surface area contributed by atoms with Crippen molar-refractivity contribution in [3.05, 3.63) is 47.2 Å². The SMILES string of the molecule is O=C(Nc1nccc2nn(Cc3ccc(OCC(F)F)c(Cl)c3)cc12)C1CC1. The lowest BCUT2D eigenvalue weighted by atomic mass is 10.2. The predicted molar refractivity (Wildman–Crippen MR) is 101 cm³/mol. The number of carbonyl (C=O) groups is 1. The molecule has 2 heterocycles. The molecule has 28 heavy (non-hydrogen) atoms. The molecule has 1 amide bonds. The van der Waals surface area contributed by atoms with Crippen molar-refractivity contribution in [2.45, 2.75) is 25.8 Å². The Morgan fingerprint density at radius 2 is 2.18 bits per heavy atom. The summed E-state index contributed by atoms with van der Waals surface area (Å²) in [5, 5.41) is 8.37. The molecule has 1 saturated carbocycles. The third-order valence-electron chi connectivity index (χ3n) is 4.38. The highest BCUT2D eigenvalue weighted by molar-refractivity contribution is 6.32. The zero-order chi connectivity index (χ0) is 19.7. The van der Waals surface area contributed by atoms with E-state index in [1.165, 1.54) is 0 Å². The van der Waals surface area contributed by atoms with Crippen LogP contribution in [0.1, 0.15) is 18.4 Å². The molecule has 0 unspecified atom stereocenters. The zero-order valence-corrected chi connectivity index (χ0v) is 15.5. The second-order valence-electron chi connectivity index (χ2n) is 6.65. The molecular weight excluding hydrogens is 390 g/mol. The van der Waals surface area contributed by atoms with E-state index in [-0.39, 0.29) is 22.6 Å². The van der Waals surface area contributed by atoms with Gasteiger partial charge in [0.05, 0.1) is 22.5 Å². The number of halogens is 3. The molecule has 1 fully saturated rings. The van der Waals surface area contributed by atoms with E-state index in [0.29, 0.717) is 17.9 Å². The first-order valence-corrected chi connectivity index (χ1v) is 9.20. The number of rotatable bonds is 7. The van der Waals surface area contributed by atoms with Gasteiger partial charge in [-0.3, -0.25) is 9.48 Å². The average Bonchev–Trinajstić information content (AvgIpc) is 3.42. The van der Waals surface area contributed by atoms with Crippen LogP contribution in [0.2, 0.25) is 5.02 Å². The Labute approximate surface area is 164 Å². The number of aromatic nitrogens is 3. The highest BCUT2D eigenvalue weighted by atomic mass is 35.5. The molecule has 1 aromatic carbocycles. The van der Waals surface area contributed by atoms with Crippen LogP contribution in [0.15, 0.2) is 36.7 Å². The fourth-order valence-electron chi connectivity index (χ4n) is 2.84. The van der Waals surface area contributed by atoms with Crippen LogP contribution in [0, 0.1) is 5.92 Å². The van der Waals surface area contributed by atoms with Gasteiger partial charge >= 0.3 is 0 Å². The largest absolute Gasteiger partial charge is 0.486 e. The molecule has 146 valence electrons. The molecule has 6 nitrogen and oxygen atoms in total. The van der Waals surface area contributed by atoms with Gasteiger partial charge in [0.15, 0.2) is 0 Å². The van der Waals surface area contributed by atoms with Crippen molar-refractivity contribution in [2.75, 3.05) is 11.9 Å². The van der Waals surface area contributed by atoms with E-state index in [1.807, 2.05) is 0 Å². The van der Waals surface area contributed by atoms with Gasteiger partial charge in [0.1, 0.15) is 18.2 Å². The molecule has 3 aromatic rings. The number of alkyl halides is 2. The highest BCUT2D eigenvalue weighted by Gasteiger charge is 2.30. The van der Waals surface area contributed by atoms with Gasteiger partial charge in [-0.25, -0.2) is 13.8 Å². The van der Waals surface area contributed by atoms with Crippen LogP contribution in [0.25, 0.3) is 10.9 Å². The summed E-state index contributed by atoms with van der Waals surface area (Å²) in [6, 6.07) is 6.73. The van der Waals surface area contributed by atoms with Crippen LogP contribution in [0.5, 0.6) is 5.75 Å². The summed E-state index contributed by atoms with van der Waals surface area (Å²) >= 11 is 6.12. The molecule has 0 atom stereocenters. The number of anilines is 1. The number of nitrogens with one attached hydrogen (secondary N) is 1. The Kier molecular flexibility index (Phi) is 5.13. The summed E-state index contributed by atoms with van der Waals surface area (Å²) in [4.78, 5) is 16.3. The first-order chi connectivity index (χ1) is 13.5. The molecular formula is C19H17ClF2N4O2. The Bertz CT molecular complexity index is 1020. The maximum absolute atomic E-state index is 12.3. The van der Waals surface area contributed by atoms with E-state index >= 15 is 0 Å². The number of nitrogens with zero attached hydrogens (tertiary/aromatic N) is 3. The minimum atomic E-state index is -2.56. The molecule has 0 spiro atoms. The number of hydrogen-bond donors (Lipinski definition) is 1. The van der Waals surface area contributed by atoms with Crippen molar-refractivity contribution >= 4 is 34.2 Å². The summed E-state index contributed by atoms with van der Waals surface area (Å²) in [7, 11) is 0. The predicted octanol–water partition coefficient (Wildman–Crippen LogP) is 4.13. The summed E-state index contributed by atoms with van der Waals surface area (Å²) in [6.07, 6.45) is 2.68.